The first kappa shape index (κ1) is 29.5. The number of ether oxygens (including phenoxy) is 2. The van der Waals surface area contributed by atoms with Gasteiger partial charge < -0.3 is 20.1 Å². The van der Waals surface area contributed by atoms with Crippen LogP contribution >= 0.6 is 11.6 Å². The summed E-state index contributed by atoms with van der Waals surface area (Å²) in [5, 5.41) is 0.649. The molecule has 0 fully saturated rings. The van der Waals surface area contributed by atoms with Crippen molar-refractivity contribution in [2.75, 3.05) is 13.1 Å². The lowest BCUT2D eigenvalue weighted by atomic mass is 9.71. The Morgan fingerprint density at radius 1 is 1.02 bits per heavy atom. The number of nitrogens with zero attached hydrogens (tertiary/aromatic N) is 1. The van der Waals surface area contributed by atoms with E-state index in [1.54, 1.807) is 4.90 Å². The summed E-state index contributed by atoms with van der Waals surface area (Å²) in [5.74, 6) is 0.114. The van der Waals surface area contributed by atoms with E-state index in [-0.39, 0.29) is 6.54 Å². The smallest absolute Gasteiger partial charge is 0.410 e. The van der Waals surface area contributed by atoms with Crippen molar-refractivity contribution >= 4 is 23.6 Å². The van der Waals surface area contributed by atoms with E-state index in [0.717, 1.165) is 40.7 Å². The molecule has 2 amide bonds. The van der Waals surface area contributed by atoms with Crippen molar-refractivity contribution in [2.24, 2.45) is 5.73 Å². The van der Waals surface area contributed by atoms with Crippen LogP contribution < -0.4 is 10.5 Å². The van der Waals surface area contributed by atoms with E-state index in [1.807, 2.05) is 75.4 Å². The highest BCUT2D eigenvalue weighted by molar-refractivity contribution is 6.32. The minimum atomic E-state index is -1.33. The molecule has 0 spiro atoms. The van der Waals surface area contributed by atoms with Gasteiger partial charge >= 0.3 is 6.09 Å². The van der Waals surface area contributed by atoms with Gasteiger partial charge in [0.1, 0.15) is 23.4 Å². The van der Waals surface area contributed by atoms with Crippen LogP contribution in [0, 0.1) is 0 Å². The van der Waals surface area contributed by atoms with Gasteiger partial charge in [-0.15, -0.1) is 0 Å². The zero-order chi connectivity index (χ0) is 29.1. The van der Waals surface area contributed by atoms with Crippen molar-refractivity contribution in [3.63, 3.8) is 0 Å². The summed E-state index contributed by atoms with van der Waals surface area (Å²) in [5.41, 5.74) is 9.75. The Labute approximate surface area is 242 Å². The first-order valence-electron chi connectivity index (χ1n) is 13.9. The van der Waals surface area contributed by atoms with Gasteiger partial charge in [-0.2, -0.15) is 0 Å². The molecule has 212 valence electrons. The van der Waals surface area contributed by atoms with E-state index < -0.39 is 23.0 Å². The van der Waals surface area contributed by atoms with Gasteiger partial charge in [0.2, 0.25) is 5.91 Å². The third-order valence-corrected chi connectivity index (χ3v) is 7.94. The van der Waals surface area contributed by atoms with Crippen LogP contribution in [0.2, 0.25) is 5.02 Å². The fourth-order valence-electron chi connectivity index (χ4n) is 5.47. The molecule has 0 saturated heterocycles. The Kier molecular flexibility index (Phi) is 8.79. The van der Waals surface area contributed by atoms with Crippen molar-refractivity contribution in [3.05, 3.63) is 99.1 Å². The molecule has 1 aliphatic rings. The molecule has 4 rings (SSSR count). The van der Waals surface area contributed by atoms with Gasteiger partial charge in [-0.05, 0) is 85.5 Å². The number of amides is 2. The molecule has 3 aromatic carbocycles. The molecule has 3 aromatic rings. The number of primary amides is 1. The molecule has 1 heterocycles. The fraction of sp³-hybridized carbons (Fsp3) is 0.394. The monoisotopic (exact) mass is 562 g/mol. The summed E-state index contributed by atoms with van der Waals surface area (Å²) in [6.07, 6.45) is 1.52. The Hall–Kier alpha value is -3.51. The van der Waals surface area contributed by atoms with E-state index in [9.17, 15) is 9.59 Å². The van der Waals surface area contributed by atoms with Gasteiger partial charge in [0.15, 0.2) is 0 Å². The lowest BCUT2D eigenvalue weighted by Crippen LogP contribution is -2.52. The Morgan fingerprint density at radius 2 is 1.70 bits per heavy atom. The van der Waals surface area contributed by atoms with Gasteiger partial charge in [-0.3, -0.25) is 4.79 Å². The standard InChI is InChI=1S/C33H39ClN2O4/c1-6-23-19-28-27(29(34)26(23)7-2)17-18-36(31(38)40-32(3,4)5)21-33(28,30(35)37)24-13-15-25(16-14-24)39-20-22-11-9-8-10-12-22/h8-16,19H,6-7,17-18,20-21H2,1-5H3,(H2,35,37). The molecule has 0 aliphatic carbocycles. The topological polar surface area (TPSA) is 81.9 Å². The maximum atomic E-state index is 13.7. The Balaban J connectivity index is 1.83. The van der Waals surface area contributed by atoms with Crippen LogP contribution in [-0.2, 0) is 40.8 Å². The average Bonchev–Trinajstić information content (AvgIpc) is 3.10. The number of hydrogen-bond acceptors (Lipinski definition) is 4. The van der Waals surface area contributed by atoms with Gasteiger partial charge in [-0.1, -0.05) is 74.0 Å². The van der Waals surface area contributed by atoms with Gasteiger partial charge in [0, 0.05) is 18.1 Å². The molecule has 2 N–H and O–H groups in total. The predicted molar refractivity (Wildman–Crippen MR) is 159 cm³/mol. The van der Waals surface area contributed by atoms with Crippen LogP contribution in [0.15, 0.2) is 60.7 Å². The molecule has 0 bridgehead atoms. The molecule has 1 atom stereocenters. The van der Waals surface area contributed by atoms with Crippen LogP contribution in [0.5, 0.6) is 5.75 Å². The highest BCUT2D eigenvalue weighted by atomic mass is 35.5. The summed E-state index contributed by atoms with van der Waals surface area (Å²) < 4.78 is 11.7. The summed E-state index contributed by atoms with van der Waals surface area (Å²) in [6, 6.07) is 19.4. The largest absolute Gasteiger partial charge is 0.489 e. The highest BCUT2D eigenvalue weighted by Crippen LogP contribution is 2.43. The van der Waals surface area contributed by atoms with Crippen molar-refractivity contribution in [2.45, 2.75) is 71.5 Å². The van der Waals surface area contributed by atoms with Gasteiger partial charge in [0.05, 0.1) is 0 Å². The number of hydrogen-bond donors (Lipinski definition) is 1. The molecule has 40 heavy (non-hydrogen) atoms. The third-order valence-electron chi connectivity index (χ3n) is 7.48. The quantitative estimate of drug-likeness (QED) is 0.351. The number of rotatable bonds is 7. The van der Waals surface area contributed by atoms with E-state index >= 15 is 0 Å². The molecule has 0 saturated carbocycles. The van der Waals surface area contributed by atoms with E-state index in [4.69, 9.17) is 26.8 Å². The van der Waals surface area contributed by atoms with Crippen molar-refractivity contribution in [1.82, 2.24) is 4.90 Å². The maximum absolute atomic E-state index is 13.7. The van der Waals surface area contributed by atoms with Crippen molar-refractivity contribution in [3.8, 4) is 5.75 Å². The number of halogens is 1. The average molecular weight is 563 g/mol. The number of carbonyl (C=O) groups excluding carboxylic acids is 2. The van der Waals surface area contributed by atoms with Crippen LogP contribution in [0.25, 0.3) is 0 Å². The number of aryl methyl sites for hydroxylation is 1. The minimum absolute atomic E-state index is 0.0411. The van der Waals surface area contributed by atoms with Crippen molar-refractivity contribution < 1.29 is 19.1 Å². The lowest BCUT2D eigenvalue weighted by molar-refractivity contribution is -0.122. The predicted octanol–water partition coefficient (Wildman–Crippen LogP) is 6.61. The Bertz CT molecular complexity index is 1370. The summed E-state index contributed by atoms with van der Waals surface area (Å²) >= 11 is 7.05. The second-order valence-corrected chi connectivity index (χ2v) is 11.7. The van der Waals surface area contributed by atoms with Crippen LogP contribution in [0.1, 0.15) is 68.0 Å². The number of nitrogens with two attached hydrogens (primary N) is 1. The molecule has 1 unspecified atom stereocenters. The number of benzene rings is 3. The summed E-state index contributed by atoms with van der Waals surface area (Å²) in [6.45, 7) is 10.4. The van der Waals surface area contributed by atoms with Gasteiger partial charge in [-0.25, -0.2) is 4.79 Å². The SMILES string of the molecule is CCc1cc2c(c(Cl)c1CC)CCN(C(=O)OC(C)(C)C)CC2(C(N)=O)c1ccc(OCc2ccccc2)cc1. The molecule has 0 aromatic heterocycles. The van der Waals surface area contributed by atoms with Crippen LogP contribution in [-0.4, -0.2) is 35.6 Å². The number of fused-ring (bicyclic) bond motifs is 1. The molecule has 0 radical (unpaired) electrons. The summed E-state index contributed by atoms with van der Waals surface area (Å²) in [7, 11) is 0. The second-order valence-electron chi connectivity index (χ2n) is 11.3. The highest BCUT2D eigenvalue weighted by Gasteiger charge is 2.47. The minimum Gasteiger partial charge on any atom is -0.489 e. The second kappa shape index (κ2) is 11.9. The normalized spacial score (nSPS) is 17.1. The molecule has 7 heteroatoms. The van der Waals surface area contributed by atoms with Crippen LogP contribution in [0.3, 0.4) is 0 Å². The van der Waals surface area contributed by atoms with Gasteiger partial charge in [0.25, 0.3) is 0 Å². The first-order chi connectivity index (χ1) is 19.0. The van der Waals surface area contributed by atoms with Crippen LogP contribution in [0.4, 0.5) is 4.79 Å². The molecule has 6 nitrogen and oxygen atoms in total. The zero-order valence-corrected chi connectivity index (χ0v) is 24.8. The van der Waals surface area contributed by atoms with E-state index in [0.29, 0.717) is 35.9 Å². The first-order valence-corrected chi connectivity index (χ1v) is 14.3. The van der Waals surface area contributed by atoms with Crippen molar-refractivity contribution in [1.29, 1.82) is 0 Å². The molecule has 1 aliphatic heterocycles. The lowest BCUT2D eigenvalue weighted by Gasteiger charge is -2.36. The zero-order valence-electron chi connectivity index (χ0n) is 24.1. The summed E-state index contributed by atoms with van der Waals surface area (Å²) in [4.78, 5) is 28.6. The van der Waals surface area contributed by atoms with E-state index in [1.165, 1.54) is 0 Å². The molecular weight excluding hydrogens is 524 g/mol. The maximum Gasteiger partial charge on any atom is 0.410 e. The van der Waals surface area contributed by atoms with E-state index in [2.05, 4.69) is 19.9 Å². The Morgan fingerprint density at radius 3 is 2.27 bits per heavy atom. The molecular formula is C33H39ClN2O4. The number of carbonyl (C=O) groups is 2. The third kappa shape index (κ3) is 5.97. The fourth-order valence-corrected chi connectivity index (χ4v) is 5.92.